The zero-order valence-electron chi connectivity index (χ0n) is 8.74. The van der Waals surface area contributed by atoms with Gasteiger partial charge in [0.05, 0.1) is 6.04 Å². The van der Waals surface area contributed by atoms with Crippen molar-refractivity contribution in [2.75, 3.05) is 5.32 Å². The first-order valence-corrected chi connectivity index (χ1v) is 4.90. The van der Waals surface area contributed by atoms with Crippen molar-refractivity contribution in [2.45, 2.75) is 19.9 Å². The van der Waals surface area contributed by atoms with E-state index in [0.29, 0.717) is 0 Å². The standard InChI is InChI=1S/C9H10ClNO.C2H4O/c1-7(9(10)12)11-8-5-3-2-4-6-8;1-2-3/h2-7,11H,1H3;2H,1H3. The number of nitrogens with one attached hydrogen (secondary N) is 1. The molecule has 3 nitrogen and oxygen atoms in total. The van der Waals surface area contributed by atoms with Gasteiger partial charge < -0.3 is 10.1 Å². The molecule has 0 aliphatic carbocycles. The molecule has 1 aromatic carbocycles. The van der Waals surface area contributed by atoms with Gasteiger partial charge in [-0.15, -0.1) is 0 Å². The van der Waals surface area contributed by atoms with Crippen molar-refractivity contribution in [3.8, 4) is 0 Å². The predicted molar refractivity (Wildman–Crippen MR) is 62.1 cm³/mol. The number of hydrogen-bond acceptors (Lipinski definition) is 3. The van der Waals surface area contributed by atoms with Gasteiger partial charge in [0.15, 0.2) is 0 Å². The summed E-state index contributed by atoms with van der Waals surface area (Å²) in [5.74, 6) is 0. The molecule has 1 N–H and O–H groups in total. The summed E-state index contributed by atoms with van der Waals surface area (Å²) >= 11 is 5.28. The van der Waals surface area contributed by atoms with Crippen LogP contribution in [-0.4, -0.2) is 17.6 Å². The van der Waals surface area contributed by atoms with E-state index < -0.39 is 0 Å². The fourth-order valence-electron chi connectivity index (χ4n) is 0.841. The average Bonchev–Trinajstić information content (AvgIpc) is 2.20. The van der Waals surface area contributed by atoms with E-state index in [1.807, 2.05) is 30.3 Å². The summed E-state index contributed by atoms with van der Waals surface area (Å²) < 4.78 is 0. The molecule has 15 heavy (non-hydrogen) atoms. The predicted octanol–water partition coefficient (Wildman–Crippen LogP) is 2.46. The van der Waals surface area contributed by atoms with Crippen LogP contribution in [0.1, 0.15) is 13.8 Å². The van der Waals surface area contributed by atoms with E-state index in [2.05, 4.69) is 5.32 Å². The highest BCUT2D eigenvalue weighted by molar-refractivity contribution is 6.65. The molecule has 1 atom stereocenters. The average molecular weight is 228 g/mol. The number of rotatable bonds is 3. The van der Waals surface area contributed by atoms with Crippen molar-refractivity contribution in [3.05, 3.63) is 30.3 Å². The molecular formula is C11H14ClNO2. The quantitative estimate of drug-likeness (QED) is 0.637. The van der Waals surface area contributed by atoms with Crippen LogP contribution in [0.15, 0.2) is 30.3 Å². The van der Waals surface area contributed by atoms with Gasteiger partial charge in [-0.3, -0.25) is 4.79 Å². The Morgan fingerprint density at radius 3 is 2.27 bits per heavy atom. The second kappa shape index (κ2) is 8.00. The number of para-hydroxylation sites is 1. The molecule has 0 aliphatic rings. The molecule has 0 saturated heterocycles. The Morgan fingerprint density at radius 1 is 1.40 bits per heavy atom. The fraction of sp³-hybridized carbons (Fsp3) is 0.273. The highest BCUT2D eigenvalue weighted by Gasteiger charge is 2.07. The summed E-state index contributed by atoms with van der Waals surface area (Å²) in [4.78, 5) is 19.5. The Hall–Kier alpha value is -1.35. The maximum absolute atomic E-state index is 10.7. The molecule has 0 spiro atoms. The van der Waals surface area contributed by atoms with E-state index in [0.717, 1.165) is 12.0 Å². The largest absolute Gasteiger partial charge is 0.374 e. The SMILES string of the molecule is CC(Nc1ccccc1)C(=O)Cl.CC=O. The number of benzene rings is 1. The summed E-state index contributed by atoms with van der Waals surface area (Å²) in [6.07, 6.45) is 0.750. The van der Waals surface area contributed by atoms with Crippen molar-refractivity contribution in [1.29, 1.82) is 0 Å². The van der Waals surface area contributed by atoms with Gasteiger partial charge in [0.2, 0.25) is 5.24 Å². The third kappa shape index (κ3) is 6.69. The van der Waals surface area contributed by atoms with Crippen molar-refractivity contribution in [2.24, 2.45) is 0 Å². The first-order chi connectivity index (χ1) is 7.11. The molecule has 0 saturated carbocycles. The maximum atomic E-state index is 10.7. The monoisotopic (exact) mass is 227 g/mol. The van der Waals surface area contributed by atoms with Gasteiger partial charge >= 0.3 is 0 Å². The van der Waals surface area contributed by atoms with E-state index in [1.165, 1.54) is 6.92 Å². The van der Waals surface area contributed by atoms with Gasteiger partial charge in [-0.2, -0.15) is 0 Å². The molecule has 0 radical (unpaired) electrons. The molecule has 0 aliphatic heterocycles. The van der Waals surface area contributed by atoms with Crippen molar-refractivity contribution in [1.82, 2.24) is 0 Å². The minimum absolute atomic E-state index is 0.339. The molecule has 1 unspecified atom stereocenters. The number of carbonyl (C=O) groups excluding carboxylic acids is 2. The van der Waals surface area contributed by atoms with Crippen molar-refractivity contribution >= 4 is 28.8 Å². The van der Waals surface area contributed by atoms with Gasteiger partial charge in [0.1, 0.15) is 6.29 Å². The molecule has 0 aromatic heterocycles. The molecule has 1 rings (SSSR count). The van der Waals surface area contributed by atoms with Crippen LogP contribution in [0.5, 0.6) is 0 Å². The second-order valence-electron chi connectivity index (χ2n) is 2.77. The van der Waals surface area contributed by atoms with Crippen LogP contribution < -0.4 is 5.32 Å². The van der Waals surface area contributed by atoms with Gasteiger partial charge in [0.25, 0.3) is 0 Å². The highest BCUT2D eigenvalue weighted by atomic mass is 35.5. The lowest BCUT2D eigenvalue weighted by molar-refractivity contribution is -0.112. The first kappa shape index (κ1) is 13.7. The van der Waals surface area contributed by atoms with Crippen molar-refractivity contribution < 1.29 is 9.59 Å². The van der Waals surface area contributed by atoms with Crippen LogP contribution >= 0.6 is 11.6 Å². The van der Waals surface area contributed by atoms with Crippen LogP contribution in [0.4, 0.5) is 5.69 Å². The normalized spacial score (nSPS) is 10.6. The first-order valence-electron chi connectivity index (χ1n) is 4.52. The second-order valence-corrected chi connectivity index (χ2v) is 3.14. The minimum atomic E-state index is -0.376. The summed E-state index contributed by atoms with van der Waals surface area (Å²) in [5, 5.41) is 2.58. The number of carbonyl (C=O) groups is 2. The van der Waals surface area contributed by atoms with Crippen LogP contribution in [0.2, 0.25) is 0 Å². The third-order valence-corrected chi connectivity index (χ3v) is 1.82. The Morgan fingerprint density at radius 2 is 1.87 bits per heavy atom. The smallest absolute Gasteiger partial charge is 0.243 e. The van der Waals surface area contributed by atoms with Crippen molar-refractivity contribution in [3.63, 3.8) is 0 Å². The van der Waals surface area contributed by atoms with Gasteiger partial charge in [0, 0.05) is 5.69 Å². The molecular weight excluding hydrogens is 214 g/mol. The third-order valence-electron chi connectivity index (χ3n) is 1.50. The van der Waals surface area contributed by atoms with Gasteiger partial charge in [-0.25, -0.2) is 0 Å². The van der Waals surface area contributed by atoms with Gasteiger partial charge in [-0.1, -0.05) is 18.2 Å². The van der Waals surface area contributed by atoms with E-state index >= 15 is 0 Å². The highest BCUT2D eigenvalue weighted by Crippen LogP contribution is 2.07. The lowest BCUT2D eigenvalue weighted by atomic mass is 10.3. The lowest BCUT2D eigenvalue weighted by Gasteiger charge is -2.09. The number of anilines is 1. The van der Waals surface area contributed by atoms with E-state index in [9.17, 15) is 4.79 Å². The zero-order valence-corrected chi connectivity index (χ0v) is 9.49. The number of hydrogen-bond donors (Lipinski definition) is 1. The van der Waals surface area contributed by atoms with E-state index in [-0.39, 0.29) is 11.3 Å². The molecule has 0 fully saturated rings. The molecule has 4 heteroatoms. The summed E-state index contributed by atoms with van der Waals surface area (Å²) in [6, 6.07) is 9.14. The van der Waals surface area contributed by atoms with E-state index in [1.54, 1.807) is 6.92 Å². The minimum Gasteiger partial charge on any atom is -0.374 e. The Balaban J connectivity index is 0.000000583. The van der Waals surface area contributed by atoms with Gasteiger partial charge in [-0.05, 0) is 37.6 Å². The summed E-state index contributed by atoms with van der Waals surface area (Å²) in [5.41, 5.74) is 0.902. The molecule has 0 bridgehead atoms. The fourth-order valence-corrected chi connectivity index (χ4v) is 0.896. The Labute approximate surface area is 94.4 Å². The Kier molecular flexibility index (Phi) is 7.28. The summed E-state index contributed by atoms with van der Waals surface area (Å²) in [7, 11) is 0. The van der Waals surface area contributed by atoms with Crippen LogP contribution in [0, 0.1) is 0 Å². The number of aldehydes is 1. The van der Waals surface area contributed by atoms with Crippen LogP contribution in [0.25, 0.3) is 0 Å². The molecule has 0 amide bonds. The maximum Gasteiger partial charge on any atom is 0.243 e. The van der Waals surface area contributed by atoms with Crippen LogP contribution in [0.3, 0.4) is 0 Å². The summed E-state index contributed by atoms with van der Waals surface area (Å²) in [6.45, 7) is 3.17. The Bertz CT molecular complexity index is 301. The van der Waals surface area contributed by atoms with E-state index in [4.69, 9.17) is 16.4 Å². The number of halogens is 1. The molecule has 82 valence electrons. The topological polar surface area (TPSA) is 46.2 Å². The molecule has 0 heterocycles. The van der Waals surface area contributed by atoms with Crippen LogP contribution in [-0.2, 0) is 9.59 Å². The lowest BCUT2D eigenvalue weighted by Crippen LogP contribution is -2.21. The molecule has 1 aromatic rings. The zero-order chi connectivity index (χ0) is 11.7.